The maximum absolute atomic E-state index is 11.7. The molecule has 0 aliphatic carbocycles. The molecule has 0 saturated heterocycles. The van der Waals surface area contributed by atoms with Crippen molar-refractivity contribution in [3.8, 4) is 0 Å². The van der Waals surface area contributed by atoms with E-state index in [1.54, 1.807) is 19.0 Å². The first kappa shape index (κ1) is 18.0. The summed E-state index contributed by atoms with van der Waals surface area (Å²) in [6, 6.07) is 4.35. The van der Waals surface area contributed by atoms with E-state index in [0.29, 0.717) is 12.5 Å². The molecular formula is C17H28N4O. The minimum atomic E-state index is 0.0216. The topological polar surface area (TPSA) is 56.7 Å². The number of hydrogen-bond donors (Lipinski definition) is 2. The van der Waals surface area contributed by atoms with Crippen LogP contribution in [-0.4, -0.2) is 44.0 Å². The van der Waals surface area contributed by atoms with Crippen LogP contribution in [-0.2, 0) is 11.3 Å². The minimum absolute atomic E-state index is 0.0216. The molecule has 0 aliphatic heterocycles. The molecule has 0 heterocycles. The normalized spacial score (nSPS) is 11.3. The number of amides is 1. The number of rotatable bonds is 5. The summed E-state index contributed by atoms with van der Waals surface area (Å²) in [6.45, 7) is 9.93. The van der Waals surface area contributed by atoms with Gasteiger partial charge in [-0.3, -0.25) is 4.79 Å². The first-order valence-electron chi connectivity index (χ1n) is 7.64. The van der Waals surface area contributed by atoms with Gasteiger partial charge in [0, 0.05) is 20.6 Å². The second kappa shape index (κ2) is 8.41. The van der Waals surface area contributed by atoms with Crippen LogP contribution in [0.1, 0.15) is 29.2 Å². The number of aryl methyl sites for hydroxylation is 3. The summed E-state index contributed by atoms with van der Waals surface area (Å²) in [7, 11) is 3.49. The molecule has 0 unspecified atom stereocenters. The molecule has 1 aromatic carbocycles. The summed E-state index contributed by atoms with van der Waals surface area (Å²) >= 11 is 0. The van der Waals surface area contributed by atoms with Crippen LogP contribution in [0.3, 0.4) is 0 Å². The fourth-order valence-corrected chi connectivity index (χ4v) is 2.28. The number of guanidine groups is 1. The van der Waals surface area contributed by atoms with Gasteiger partial charge in [-0.25, -0.2) is 4.99 Å². The van der Waals surface area contributed by atoms with Crippen molar-refractivity contribution in [2.24, 2.45) is 4.99 Å². The average Bonchev–Trinajstić information content (AvgIpc) is 2.42. The van der Waals surface area contributed by atoms with Crippen LogP contribution in [0, 0.1) is 20.8 Å². The predicted octanol–water partition coefficient (Wildman–Crippen LogP) is 1.76. The molecule has 0 aliphatic rings. The van der Waals surface area contributed by atoms with Crippen molar-refractivity contribution < 1.29 is 4.79 Å². The Bertz CT molecular complexity index is 527. The molecule has 0 fully saturated rings. The molecule has 122 valence electrons. The van der Waals surface area contributed by atoms with Crippen molar-refractivity contribution in [3.05, 3.63) is 34.4 Å². The molecule has 0 atom stereocenters. The lowest BCUT2D eigenvalue weighted by atomic mass is 10.00. The molecule has 0 bridgehead atoms. The number of benzene rings is 1. The zero-order valence-corrected chi connectivity index (χ0v) is 14.6. The van der Waals surface area contributed by atoms with E-state index in [-0.39, 0.29) is 12.5 Å². The molecule has 0 radical (unpaired) electrons. The molecular weight excluding hydrogens is 276 g/mol. The third kappa shape index (κ3) is 5.39. The van der Waals surface area contributed by atoms with E-state index in [1.165, 1.54) is 22.3 Å². The Morgan fingerprint density at radius 3 is 2.23 bits per heavy atom. The molecule has 0 spiro atoms. The van der Waals surface area contributed by atoms with Gasteiger partial charge in [0.15, 0.2) is 5.96 Å². The maximum Gasteiger partial charge on any atom is 0.241 e. The highest BCUT2D eigenvalue weighted by molar-refractivity contribution is 5.86. The monoisotopic (exact) mass is 304 g/mol. The first-order valence-corrected chi connectivity index (χ1v) is 7.64. The van der Waals surface area contributed by atoms with Crippen LogP contribution >= 0.6 is 0 Å². The summed E-state index contributed by atoms with van der Waals surface area (Å²) in [4.78, 5) is 17.8. The van der Waals surface area contributed by atoms with Crippen molar-refractivity contribution in [1.29, 1.82) is 0 Å². The average molecular weight is 304 g/mol. The molecule has 0 aromatic heterocycles. The molecule has 5 heteroatoms. The van der Waals surface area contributed by atoms with Crippen LogP contribution < -0.4 is 10.6 Å². The smallest absolute Gasteiger partial charge is 0.241 e. The highest BCUT2D eigenvalue weighted by Crippen LogP contribution is 2.17. The maximum atomic E-state index is 11.7. The second-order valence-corrected chi connectivity index (χ2v) is 5.71. The van der Waals surface area contributed by atoms with E-state index >= 15 is 0 Å². The largest absolute Gasteiger partial charge is 0.357 e. The number of hydrogen-bond acceptors (Lipinski definition) is 2. The van der Waals surface area contributed by atoms with Crippen LogP contribution in [0.5, 0.6) is 0 Å². The van der Waals surface area contributed by atoms with E-state index < -0.39 is 0 Å². The van der Waals surface area contributed by atoms with Crippen molar-refractivity contribution in [2.45, 2.75) is 34.2 Å². The lowest BCUT2D eigenvalue weighted by Gasteiger charge is -2.15. The lowest BCUT2D eigenvalue weighted by Crippen LogP contribution is -2.42. The van der Waals surface area contributed by atoms with Gasteiger partial charge in [-0.15, -0.1) is 0 Å². The van der Waals surface area contributed by atoms with Crippen LogP contribution in [0.25, 0.3) is 0 Å². The Hall–Kier alpha value is -2.04. The third-order valence-electron chi connectivity index (χ3n) is 3.49. The van der Waals surface area contributed by atoms with Gasteiger partial charge >= 0.3 is 0 Å². The standard InChI is InChI=1S/C17H28N4O/c1-7-18-17(20-11-16(22)21(5)6)19-10-15-13(3)8-12(2)9-14(15)4/h8-9H,7,10-11H2,1-6H3,(H2,18,19,20). The molecule has 1 aromatic rings. The summed E-state index contributed by atoms with van der Waals surface area (Å²) in [6.07, 6.45) is 0. The molecule has 2 N–H and O–H groups in total. The molecule has 5 nitrogen and oxygen atoms in total. The van der Waals surface area contributed by atoms with Crippen LogP contribution in [0.2, 0.25) is 0 Å². The Morgan fingerprint density at radius 2 is 1.73 bits per heavy atom. The number of nitrogens with one attached hydrogen (secondary N) is 2. The third-order valence-corrected chi connectivity index (χ3v) is 3.49. The number of carbonyl (C=O) groups excluding carboxylic acids is 1. The van der Waals surface area contributed by atoms with Crippen molar-refractivity contribution in [3.63, 3.8) is 0 Å². The number of aliphatic imine (C=N–C) groups is 1. The quantitative estimate of drug-likeness (QED) is 0.644. The first-order chi connectivity index (χ1) is 10.3. The summed E-state index contributed by atoms with van der Waals surface area (Å²) in [5.41, 5.74) is 5.01. The number of carbonyl (C=O) groups is 1. The summed E-state index contributed by atoms with van der Waals surface area (Å²) < 4.78 is 0. The van der Waals surface area contributed by atoms with Gasteiger partial charge in [0.05, 0.1) is 13.1 Å². The Kier molecular flexibility index (Phi) is 6.89. The summed E-state index contributed by atoms with van der Waals surface area (Å²) in [5, 5.41) is 6.24. The van der Waals surface area contributed by atoms with E-state index in [9.17, 15) is 4.79 Å². The van der Waals surface area contributed by atoms with Crippen molar-refractivity contribution in [2.75, 3.05) is 27.2 Å². The van der Waals surface area contributed by atoms with Crippen molar-refractivity contribution in [1.82, 2.24) is 15.5 Å². The zero-order valence-electron chi connectivity index (χ0n) is 14.6. The molecule has 22 heavy (non-hydrogen) atoms. The van der Waals surface area contributed by atoms with Gasteiger partial charge in [-0.1, -0.05) is 17.7 Å². The summed E-state index contributed by atoms with van der Waals surface area (Å²) in [5.74, 6) is 0.686. The van der Waals surface area contributed by atoms with E-state index in [4.69, 9.17) is 0 Å². The Balaban J connectivity index is 2.80. The lowest BCUT2D eigenvalue weighted by molar-refractivity contribution is -0.127. The molecule has 1 amide bonds. The fourth-order valence-electron chi connectivity index (χ4n) is 2.28. The Morgan fingerprint density at radius 1 is 1.14 bits per heavy atom. The van der Waals surface area contributed by atoms with E-state index in [0.717, 1.165) is 6.54 Å². The second-order valence-electron chi connectivity index (χ2n) is 5.71. The zero-order chi connectivity index (χ0) is 16.7. The van der Waals surface area contributed by atoms with Crippen LogP contribution in [0.4, 0.5) is 0 Å². The van der Waals surface area contributed by atoms with Gasteiger partial charge < -0.3 is 15.5 Å². The molecule has 1 rings (SSSR count). The number of nitrogens with zero attached hydrogens (tertiary/aromatic N) is 2. The van der Waals surface area contributed by atoms with Gasteiger partial charge in [0.1, 0.15) is 0 Å². The SMILES string of the molecule is CCNC(=NCc1c(C)cc(C)cc1C)NCC(=O)N(C)C. The van der Waals surface area contributed by atoms with Crippen molar-refractivity contribution >= 4 is 11.9 Å². The van der Waals surface area contributed by atoms with E-state index in [1.807, 2.05) is 6.92 Å². The highest BCUT2D eigenvalue weighted by atomic mass is 16.2. The Labute approximate surface area is 133 Å². The van der Waals surface area contributed by atoms with Crippen LogP contribution in [0.15, 0.2) is 17.1 Å². The van der Waals surface area contributed by atoms with Gasteiger partial charge in [0.2, 0.25) is 5.91 Å². The van der Waals surface area contributed by atoms with Gasteiger partial charge in [-0.05, 0) is 44.4 Å². The van der Waals surface area contributed by atoms with Gasteiger partial charge in [-0.2, -0.15) is 0 Å². The van der Waals surface area contributed by atoms with Gasteiger partial charge in [0.25, 0.3) is 0 Å². The molecule has 0 saturated carbocycles. The highest BCUT2D eigenvalue weighted by Gasteiger charge is 2.07. The minimum Gasteiger partial charge on any atom is -0.357 e. The van der Waals surface area contributed by atoms with E-state index in [2.05, 4.69) is 48.5 Å². The number of likely N-dealkylation sites (N-methyl/N-ethyl adjacent to an activating group) is 1. The predicted molar refractivity (Wildman–Crippen MR) is 92.2 cm³/mol. The fraction of sp³-hybridized carbons (Fsp3) is 0.529.